The van der Waals surface area contributed by atoms with Crippen molar-refractivity contribution in [3.63, 3.8) is 0 Å². The molecule has 7 heteroatoms. The van der Waals surface area contributed by atoms with E-state index in [-0.39, 0.29) is 23.2 Å². The molecule has 0 spiro atoms. The van der Waals surface area contributed by atoms with E-state index >= 15 is 0 Å². The number of rotatable bonds is 4. The molecule has 2 aromatic carbocycles. The molecule has 1 heterocycles. The van der Waals surface area contributed by atoms with Crippen LogP contribution in [-0.2, 0) is 4.79 Å². The first-order valence-corrected chi connectivity index (χ1v) is 8.70. The lowest BCUT2D eigenvalue weighted by atomic mass is 9.85. The van der Waals surface area contributed by atoms with Crippen molar-refractivity contribution in [3.8, 4) is 5.75 Å². The number of benzene rings is 2. The van der Waals surface area contributed by atoms with Crippen molar-refractivity contribution in [1.29, 1.82) is 0 Å². The highest BCUT2D eigenvalue weighted by Crippen LogP contribution is 2.30. The number of carbonyl (C=O) groups excluding carboxylic acids is 2. The van der Waals surface area contributed by atoms with E-state index in [4.69, 9.17) is 4.74 Å². The molecule has 2 atom stereocenters. The molecule has 0 radical (unpaired) electrons. The summed E-state index contributed by atoms with van der Waals surface area (Å²) in [5, 5.41) is 8.32. The molecule has 0 bridgehead atoms. The van der Waals surface area contributed by atoms with Crippen LogP contribution in [0.4, 0.5) is 14.9 Å². The quantitative estimate of drug-likeness (QED) is 0.760. The first-order valence-electron chi connectivity index (χ1n) is 8.70. The number of aryl methyl sites for hydroxylation is 1. The number of anilines is 1. The van der Waals surface area contributed by atoms with E-state index in [0.717, 1.165) is 5.56 Å². The number of amides is 3. The molecule has 3 amide bonds. The van der Waals surface area contributed by atoms with E-state index in [0.29, 0.717) is 17.0 Å². The molecule has 27 heavy (non-hydrogen) atoms. The van der Waals surface area contributed by atoms with Gasteiger partial charge in [0.2, 0.25) is 5.91 Å². The Kier molecular flexibility index (Phi) is 5.59. The van der Waals surface area contributed by atoms with Crippen molar-refractivity contribution in [2.45, 2.75) is 25.3 Å². The van der Waals surface area contributed by atoms with Crippen molar-refractivity contribution in [1.82, 2.24) is 10.6 Å². The van der Waals surface area contributed by atoms with Crippen molar-refractivity contribution in [3.05, 3.63) is 59.4 Å². The Morgan fingerprint density at radius 2 is 2.00 bits per heavy atom. The maximum Gasteiger partial charge on any atom is 0.319 e. The Morgan fingerprint density at radius 3 is 2.67 bits per heavy atom. The molecule has 2 aromatic rings. The summed E-state index contributed by atoms with van der Waals surface area (Å²) in [5.41, 5.74) is 2.13. The summed E-state index contributed by atoms with van der Waals surface area (Å²) in [7, 11) is 1.46. The van der Waals surface area contributed by atoms with Gasteiger partial charge in [-0.05, 0) is 30.7 Å². The predicted molar refractivity (Wildman–Crippen MR) is 107 cm³/mol. The number of carbonyl (C=O) groups is 2. The standard InChI is InChI=1S/C20H22FN3O3.3H2/c1-12-3-5-13(6-4-12)23-20(26)24-18-11-22-19(25)10-16(18)15-8-7-14(27-2)9-17(15)21;;;/h3-9,16,18H,10-11H2,1-2H3,(H,22,25)(H2,23,24,26);3*1H/t16-,18+;;;/m0.../s1. The second-order valence-corrected chi connectivity index (χ2v) is 6.57. The number of methoxy groups -OCH3 is 1. The maximum absolute atomic E-state index is 14.5. The van der Waals surface area contributed by atoms with Crippen LogP contribution in [-0.4, -0.2) is 31.6 Å². The molecule has 0 saturated carbocycles. The molecule has 1 aliphatic rings. The van der Waals surface area contributed by atoms with Gasteiger partial charge < -0.3 is 20.7 Å². The van der Waals surface area contributed by atoms with Crippen LogP contribution in [0.5, 0.6) is 5.75 Å². The first-order chi connectivity index (χ1) is 13.0. The van der Waals surface area contributed by atoms with Gasteiger partial charge in [0.05, 0.1) is 13.2 Å². The number of hydrogen-bond acceptors (Lipinski definition) is 3. The number of nitrogens with one attached hydrogen (secondary N) is 3. The lowest BCUT2D eigenvalue weighted by molar-refractivity contribution is -0.123. The topological polar surface area (TPSA) is 79.5 Å². The van der Waals surface area contributed by atoms with Gasteiger partial charge in [-0.25, -0.2) is 9.18 Å². The summed E-state index contributed by atoms with van der Waals surface area (Å²) in [4.78, 5) is 24.2. The normalized spacial score (nSPS) is 19.1. The third-order valence-corrected chi connectivity index (χ3v) is 4.64. The van der Waals surface area contributed by atoms with Crippen LogP contribution >= 0.6 is 0 Å². The molecule has 3 N–H and O–H groups in total. The smallest absolute Gasteiger partial charge is 0.319 e. The summed E-state index contributed by atoms with van der Waals surface area (Å²) >= 11 is 0. The van der Waals surface area contributed by atoms with E-state index in [9.17, 15) is 14.0 Å². The van der Waals surface area contributed by atoms with Gasteiger partial charge in [-0.3, -0.25) is 4.79 Å². The van der Waals surface area contributed by atoms with Crippen LogP contribution in [0.1, 0.15) is 27.7 Å². The fraction of sp³-hybridized carbons (Fsp3) is 0.300. The van der Waals surface area contributed by atoms with E-state index < -0.39 is 23.8 Å². The summed E-state index contributed by atoms with van der Waals surface area (Å²) in [6, 6.07) is 11.1. The monoisotopic (exact) mass is 377 g/mol. The Labute approximate surface area is 161 Å². The molecule has 0 aromatic heterocycles. The minimum atomic E-state index is -0.464. The van der Waals surface area contributed by atoms with Crippen LogP contribution in [0.3, 0.4) is 0 Å². The second-order valence-electron chi connectivity index (χ2n) is 6.57. The lowest BCUT2D eigenvalue weighted by Gasteiger charge is -2.32. The molecule has 1 saturated heterocycles. The fourth-order valence-corrected chi connectivity index (χ4v) is 3.17. The van der Waals surface area contributed by atoms with Gasteiger partial charge in [-0.2, -0.15) is 0 Å². The molecular weight excluding hydrogens is 349 g/mol. The van der Waals surface area contributed by atoms with Gasteiger partial charge in [0.25, 0.3) is 0 Å². The van der Waals surface area contributed by atoms with E-state index in [1.165, 1.54) is 13.2 Å². The van der Waals surface area contributed by atoms with Crippen molar-refractivity contribution in [2.24, 2.45) is 0 Å². The molecule has 0 unspecified atom stereocenters. The second kappa shape index (κ2) is 8.07. The van der Waals surface area contributed by atoms with Crippen molar-refractivity contribution in [2.75, 3.05) is 19.0 Å². The Hall–Kier alpha value is -3.09. The number of piperidine rings is 1. The Bertz CT molecular complexity index is 853. The van der Waals surface area contributed by atoms with Gasteiger partial charge in [0.1, 0.15) is 11.6 Å². The molecule has 148 valence electrons. The highest BCUT2D eigenvalue weighted by atomic mass is 19.1. The minimum Gasteiger partial charge on any atom is -0.497 e. The molecule has 6 nitrogen and oxygen atoms in total. The fourth-order valence-electron chi connectivity index (χ4n) is 3.17. The van der Waals surface area contributed by atoms with Crippen LogP contribution in [0.15, 0.2) is 42.5 Å². The summed E-state index contributed by atoms with van der Waals surface area (Å²) in [5.74, 6) is -0.696. The molecule has 1 aliphatic heterocycles. The number of halogens is 1. The van der Waals surface area contributed by atoms with Gasteiger partial charge in [-0.1, -0.05) is 23.8 Å². The number of hydrogen-bond donors (Lipinski definition) is 3. The minimum absolute atomic E-state index is 0. The largest absolute Gasteiger partial charge is 0.497 e. The molecule has 1 fully saturated rings. The Morgan fingerprint density at radius 1 is 1.26 bits per heavy atom. The third kappa shape index (κ3) is 4.55. The van der Waals surface area contributed by atoms with E-state index in [2.05, 4.69) is 16.0 Å². The highest BCUT2D eigenvalue weighted by molar-refractivity contribution is 5.90. The summed E-state index contributed by atoms with van der Waals surface area (Å²) < 4.78 is 19.5. The van der Waals surface area contributed by atoms with Gasteiger partial charge >= 0.3 is 6.03 Å². The van der Waals surface area contributed by atoms with E-state index in [1.54, 1.807) is 24.3 Å². The summed E-state index contributed by atoms with van der Waals surface area (Å²) in [6.07, 6.45) is 0.0960. The zero-order chi connectivity index (χ0) is 19.4. The average molecular weight is 377 g/mol. The third-order valence-electron chi connectivity index (χ3n) is 4.64. The van der Waals surface area contributed by atoms with Crippen LogP contribution in [0.25, 0.3) is 0 Å². The van der Waals surface area contributed by atoms with E-state index in [1.807, 2.05) is 19.1 Å². The van der Waals surface area contributed by atoms with Gasteiger partial charge in [0.15, 0.2) is 0 Å². The summed E-state index contributed by atoms with van der Waals surface area (Å²) in [6.45, 7) is 2.19. The molecular formula is C20H28FN3O3. The van der Waals surface area contributed by atoms with Crippen LogP contribution < -0.4 is 20.7 Å². The molecule has 3 rings (SSSR count). The molecule has 0 aliphatic carbocycles. The van der Waals surface area contributed by atoms with Gasteiger partial charge in [-0.15, -0.1) is 0 Å². The van der Waals surface area contributed by atoms with Gasteiger partial charge in [0, 0.05) is 34.9 Å². The zero-order valence-electron chi connectivity index (χ0n) is 15.2. The highest BCUT2D eigenvalue weighted by Gasteiger charge is 2.33. The first kappa shape index (κ1) is 18.7. The van der Waals surface area contributed by atoms with Crippen molar-refractivity contribution >= 4 is 17.6 Å². The van der Waals surface area contributed by atoms with Crippen LogP contribution in [0.2, 0.25) is 0 Å². The average Bonchev–Trinajstić information content (AvgIpc) is 2.65. The lowest BCUT2D eigenvalue weighted by Crippen LogP contribution is -2.53. The maximum atomic E-state index is 14.5. The number of urea groups is 1. The van der Waals surface area contributed by atoms with Crippen molar-refractivity contribution < 1.29 is 23.0 Å². The van der Waals surface area contributed by atoms with Crippen LogP contribution in [0, 0.1) is 12.7 Å². The predicted octanol–water partition coefficient (Wildman–Crippen LogP) is 3.67. The zero-order valence-corrected chi connectivity index (χ0v) is 15.2. The SMILES string of the molecule is COc1ccc([C@@H]2CC(=O)NC[C@H]2NC(=O)Nc2ccc(C)cc2)c(F)c1.[HH].[HH].[HH]. The number of ether oxygens (including phenoxy) is 1. The Balaban J connectivity index is 0.00000280.